The lowest BCUT2D eigenvalue weighted by molar-refractivity contribution is -0.164. The van der Waals surface area contributed by atoms with E-state index in [4.69, 9.17) is 14.6 Å². The van der Waals surface area contributed by atoms with Gasteiger partial charge in [0.25, 0.3) is 6.47 Å². The van der Waals surface area contributed by atoms with Crippen molar-refractivity contribution in [1.82, 2.24) is 0 Å². The number of ether oxygens (including phenoxy) is 1. The molecule has 138 valence electrons. The average molecular weight is 315 g/mol. The number of carbonyl (C=O) groups is 2. The zero-order chi connectivity index (χ0) is 14.0. The van der Waals surface area contributed by atoms with E-state index in [1.807, 2.05) is 55.4 Å². The molecule has 0 saturated carbocycles. The molecule has 21 heavy (non-hydrogen) atoms. The molecule has 0 aliphatic rings. The van der Waals surface area contributed by atoms with Crippen LogP contribution in [-0.2, 0) is 14.3 Å². The van der Waals surface area contributed by atoms with Crippen LogP contribution >= 0.6 is 0 Å². The van der Waals surface area contributed by atoms with E-state index in [0.29, 0.717) is 0 Å². The van der Waals surface area contributed by atoms with Crippen molar-refractivity contribution in [2.45, 2.75) is 98.1 Å². The number of carbonyl (C=O) groups excluding carboxylic acids is 1. The number of hydrogen-bond acceptors (Lipinski definition) is 3. The fourth-order valence-electron chi connectivity index (χ4n) is 0.431. The molecule has 0 heterocycles. The predicted octanol–water partition coefficient (Wildman–Crippen LogP) is 6.28. The largest absolute Gasteiger partial charge is 0.483 e. The summed E-state index contributed by atoms with van der Waals surface area (Å²) in [7, 11) is 0. The van der Waals surface area contributed by atoms with Gasteiger partial charge in [0.15, 0.2) is 0 Å². The van der Waals surface area contributed by atoms with Gasteiger partial charge in [-0.3, -0.25) is 9.59 Å². The summed E-state index contributed by atoms with van der Waals surface area (Å²) < 4.78 is 5.16. The van der Waals surface area contributed by atoms with Crippen LogP contribution in [0.4, 0.5) is 0 Å². The first kappa shape index (κ1) is 50.2. The van der Waals surface area contributed by atoms with Crippen molar-refractivity contribution in [1.29, 1.82) is 0 Å². The first-order chi connectivity index (χ1) is 7.04. The normalized spacial score (nSPS) is 7.62. The summed E-state index contributed by atoms with van der Waals surface area (Å²) in [4.78, 5) is 19.6. The van der Waals surface area contributed by atoms with Crippen molar-refractivity contribution >= 4 is 12.4 Å². The molecule has 0 rings (SSSR count). The Labute approximate surface area is 136 Å². The van der Waals surface area contributed by atoms with E-state index >= 15 is 0 Å². The molecule has 0 saturated heterocycles. The molecular weight excluding hydrogens is 268 g/mol. The highest BCUT2D eigenvalue weighted by Crippen LogP contribution is 2.19. The third-order valence-corrected chi connectivity index (χ3v) is 1.01. The molecule has 0 aromatic rings. The fraction of sp³-hybridized carbons (Fsp3) is 0.882. The van der Waals surface area contributed by atoms with Crippen molar-refractivity contribution in [2.24, 2.45) is 5.41 Å². The van der Waals surface area contributed by atoms with E-state index in [1.165, 1.54) is 0 Å². The van der Waals surface area contributed by atoms with Gasteiger partial charge in [0.05, 0.1) is 5.41 Å². The van der Waals surface area contributed by atoms with E-state index < -0.39 is 5.41 Å². The summed E-state index contributed by atoms with van der Waals surface area (Å²) in [6, 6.07) is 0. The molecule has 0 aromatic carbocycles. The molecule has 0 aromatic heterocycles. The summed E-state index contributed by atoms with van der Waals surface area (Å²) >= 11 is 0. The molecule has 1 N–H and O–H groups in total. The van der Waals surface area contributed by atoms with E-state index in [0.717, 1.165) is 0 Å². The molecular formula is C17H46O4. The van der Waals surface area contributed by atoms with Gasteiger partial charge in [-0.25, -0.2) is 0 Å². The van der Waals surface area contributed by atoms with Crippen molar-refractivity contribution in [3.05, 3.63) is 0 Å². The SMILES string of the molecule is C.C.C.C.C.CC.CC(C)(C)OC(=O)C(C)(C)C.O=CO. The zero-order valence-corrected chi connectivity index (χ0v) is 11.7. The van der Waals surface area contributed by atoms with Crippen LogP contribution in [0, 0.1) is 5.41 Å². The molecule has 0 spiro atoms. The minimum absolute atomic E-state index is 0. The number of esters is 1. The second-order valence-electron chi connectivity index (χ2n) is 4.86. The minimum Gasteiger partial charge on any atom is -0.483 e. The number of rotatable bonds is 0. The average Bonchev–Trinajstić information content (AvgIpc) is 2.04. The molecule has 4 heteroatoms. The van der Waals surface area contributed by atoms with Gasteiger partial charge in [-0.15, -0.1) is 0 Å². The second kappa shape index (κ2) is 24.0. The van der Waals surface area contributed by atoms with Crippen LogP contribution < -0.4 is 0 Å². The van der Waals surface area contributed by atoms with Gasteiger partial charge in [-0.05, 0) is 41.5 Å². The summed E-state index contributed by atoms with van der Waals surface area (Å²) in [5, 5.41) is 6.89. The Balaban J connectivity index is -0.0000000252. The van der Waals surface area contributed by atoms with Crippen LogP contribution in [-0.4, -0.2) is 23.1 Å². The zero-order valence-electron chi connectivity index (χ0n) is 11.7. The van der Waals surface area contributed by atoms with Gasteiger partial charge in [0, 0.05) is 0 Å². The first-order valence-electron chi connectivity index (χ1n) is 5.36. The van der Waals surface area contributed by atoms with Crippen molar-refractivity contribution in [3.63, 3.8) is 0 Å². The van der Waals surface area contributed by atoms with E-state index in [1.54, 1.807) is 0 Å². The topological polar surface area (TPSA) is 63.6 Å². The lowest BCUT2D eigenvalue weighted by Crippen LogP contribution is -2.31. The molecule has 0 radical (unpaired) electrons. The van der Waals surface area contributed by atoms with Crippen LogP contribution in [0.25, 0.3) is 0 Å². The molecule has 0 fully saturated rings. The van der Waals surface area contributed by atoms with Crippen LogP contribution in [0.3, 0.4) is 0 Å². The Morgan fingerprint density at radius 2 is 1.05 bits per heavy atom. The Morgan fingerprint density at radius 1 is 0.857 bits per heavy atom. The van der Waals surface area contributed by atoms with E-state index in [2.05, 4.69) is 0 Å². The molecule has 0 atom stereocenters. The van der Waals surface area contributed by atoms with Gasteiger partial charge in [0.1, 0.15) is 5.60 Å². The summed E-state index contributed by atoms with van der Waals surface area (Å²) in [6.07, 6.45) is 0. The van der Waals surface area contributed by atoms with Gasteiger partial charge in [0.2, 0.25) is 0 Å². The Bertz CT molecular complexity index is 186. The highest BCUT2D eigenvalue weighted by atomic mass is 16.6. The maximum absolute atomic E-state index is 11.3. The summed E-state index contributed by atoms with van der Waals surface area (Å²) in [5.74, 6) is -0.148. The molecule has 0 aliphatic carbocycles. The van der Waals surface area contributed by atoms with Crippen LogP contribution in [0.15, 0.2) is 0 Å². The van der Waals surface area contributed by atoms with Crippen LogP contribution in [0.1, 0.15) is 92.5 Å². The van der Waals surface area contributed by atoms with Gasteiger partial charge in [-0.1, -0.05) is 51.0 Å². The van der Waals surface area contributed by atoms with Gasteiger partial charge >= 0.3 is 5.97 Å². The third-order valence-electron chi connectivity index (χ3n) is 1.01. The Kier molecular flexibility index (Phi) is 57.3. The lowest BCUT2D eigenvalue weighted by Gasteiger charge is -2.25. The maximum Gasteiger partial charge on any atom is 0.311 e. The maximum atomic E-state index is 11.3. The molecule has 0 unspecified atom stereocenters. The monoisotopic (exact) mass is 314 g/mol. The Hall–Kier alpha value is -1.06. The second-order valence-corrected chi connectivity index (χ2v) is 4.86. The number of carboxylic acid groups (broad SMARTS) is 1. The van der Waals surface area contributed by atoms with Crippen molar-refractivity contribution < 1.29 is 19.4 Å². The van der Waals surface area contributed by atoms with E-state index in [9.17, 15) is 4.79 Å². The van der Waals surface area contributed by atoms with Gasteiger partial charge in [-0.2, -0.15) is 0 Å². The summed E-state index contributed by atoms with van der Waals surface area (Å²) in [6.45, 7) is 14.9. The molecule has 0 bridgehead atoms. The highest BCUT2D eigenvalue weighted by Gasteiger charge is 2.27. The molecule has 0 amide bonds. The predicted molar refractivity (Wildman–Crippen MR) is 99.0 cm³/mol. The molecule has 0 aliphatic heterocycles. The minimum atomic E-state index is -0.396. The highest BCUT2D eigenvalue weighted by molar-refractivity contribution is 5.75. The standard InChI is InChI=1S/C9H18O2.C2H6.CH2O2.5CH4/c1-8(2,3)7(10)11-9(4,5)6;1-2;2-1-3;;;;;/h1-6H3;1-2H3;1H,(H,2,3);5*1H4. The van der Waals surface area contributed by atoms with E-state index in [-0.39, 0.29) is 55.2 Å². The van der Waals surface area contributed by atoms with Gasteiger partial charge < -0.3 is 9.84 Å². The quantitative estimate of drug-likeness (QED) is 0.422. The third kappa shape index (κ3) is 55.0. The first-order valence-corrected chi connectivity index (χ1v) is 5.36. The van der Waals surface area contributed by atoms with Crippen molar-refractivity contribution in [3.8, 4) is 0 Å². The Morgan fingerprint density at radius 3 is 1.10 bits per heavy atom. The fourth-order valence-corrected chi connectivity index (χ4v) is 0.431. The summed E-state index contributed by atoms with van der Waals surface area (Å²) in [5.41, 5.74) is -0.766. The van der Waals surface area contributed by atoms with Crippen LogP contribution in [0.5, 0.6) is 0 Å². The number of hydrogen-bond donors (Lipinski definition) is 1. The van der Waals surface area contributed by atoms with Crippen LogP contribution in [0.2, 0.25) is 0 Å². The smallest absolute Gasteiger partial charge is 0.311 e. The lowest BCUT2D eigenvalue weighted by atomic mass is 9.97. The van der Waals surface area contributed by atoms with Crippen molar-refractivity contribution in [2.75, 3.05) is 0 Å². The molecule has 4 nitrogen and oxygen atoms in total.